The third-order valence-electron chi connectivity index (χ3n) is 3.90. The number of benzene rings is 2. The molecule has 0 aliphatic heterocycles. The normalized spacial score (nSPS) is 14.0. The first-order valence-corrected chi connectivity index (χ1v) is 7.62. The summed E-state index contributed by atoms with van der Waals surface area (Å²) in [6.45, 7) is 2.79. The number of hydrogen-bond donors (Lipinski definition) is 2. The first-order valence-electron chi connectivity index (χ1n) is 7.62. The smallest absolute Gasteiger partial charge is 0.144 e. The van der Waals surface area contributed by atoms with Crippen LogP contribution in [0.4, 0.5) is 11.4 Å². The molecule has 3 heteroatoms. The molecule has 0 aromatic heterocycles. The van der Waals surface area contributed by atoms with E-state index in [9.17, 15) is 0 Å². The van der Waals surface area contributed by atoms with E-state index in [4.69, 9.17) is 10.5 Å². The molecule has 1 aliphatic rings. The number of nitrogens with one attached hydrogen (secondary N) is 1. The molecule has 3 N–H and O–H groups in total. The lowest BCUT2D eigenvalue weighted by Gasteiger charge is -2.16. The van der Waals surface area contributed by atoms with Crippen molar-refractivity contribution in [2.45, 2.75) is 32.2 Å². The molecular formula is C18H22N2O. The van der Waals surface area contributed by atoms with Crippen LogP contribution in [0.15, 0.2) is 42.5 Å². The quantitative estimate of drug-likeness (QED) is 0.823. The molecule has 0 heterocycles. The average molecular weight is 282 g/mol. The summed E-state index contributed by atoms with van der Waals surface area (Å²) in [6.07, 6.45) is 3.13. The van der Waals surface area contributed by atoms with Crippen molar-refractivity contribution in [2.75, 3.05) is 17.7 Å². The first-order chi connectivity index (χ1) is 10.3. The van der Waals surface area contributed by atoms with Gasteiger partial charge in [0.2, 0.25) is 0 Å². The number of anilines is 2. The average Bonchev–Trinajstić information content (AvgIpc) is 2.90. The predicted molar refractivity (Wildman–Crippen MR) is 87.9 cm³/mol. The summed E-state index contributed by atoms with van der Waals surface area (Å²) in [4.78, 5) is 0. The van der Waals surface area contributed by atoms with Crippen LogP contribution in [-0.2, 0) is 12.8 Å². The maximum Gasteiger partial charge on any atom is 0.144 e. The van der Waals surface area contributed by atoms with Crippen LogP contribution in [0.25, 0.3) is 0 Å². The van der Waals surface area contributed by atoms with E-state index in [0.29, 0.717) is 18.3 Å². The molecule has 2 aromatic carbocycles. The van der Waals surface area contributed by atoms with Crippen molar-refractivity contribution in [3.05, 3.63) is 53.6 Å². The van der Waals surface area contributed by atoms with Crippen molar-refractivity contribution in [3.8, 4) is 5.75 Å². The SMILES string of the molecule is CCCOc1cc(NC2Cc3ccccc3C2)ccc1N. The number of fused-ring (bicyclic) bond motifs is 1. The molecule has 0 fully saturated rings. The lowest BCUT2D eigenvalue weighted by Crippen LogP contribution is -2.19. The minimum Gasteiger partial charge on any atom is -0.491 e. The van der Waals surface area contributed by atoms with Crippen molar-refractivity contribution in [2.24, 2.45) is 0 Å². The van der Waals surface area contributed by atoms with E-state index in [1.54, 1.807) is 0 Å². The summed E-state index contributed by atoms with van der Waals surface area (Å²) >= 11 is 0. The van der Waals surface area contributed by atoms with Gasteiger partial charge in [-0.2, -0.15) is 0 Å². The van der Waals surface area contributed by atoms with Gasteiger partial charge in [0.1, 0.15) is 5.75 Å². The number of nitrogen functional groups attached to an aromatic ring is 1. The summed E-state index contributed by atoms with van der Waals surface area (Å²) in [5.41, 5.74) is 10.6. The van der Waals surface area contributed by atoms with Crippen LogP contribution >= 0.6 is 0 Å². The van der Waals surface area contributed by atoms with Gasteiger partial charge < -0.3 is 15.8 Å². The van der Waals surface area contributed by atoms with Gasteiger partial charge in [-0.05, 0) is 42.5 Å². The van der Waals surface area contributed by atoms with Crippen LogP contribution in [0.2, 0.25) is 0 Å². The zero-order chi connectivity index (χ0) is 14.7. The molecule has 0 spiro atoms. The molecule has 0 saturated carbocycles. The minimum atomic E-state index is 0.449. The Balaban J connectivity index is 1.69. The van der Waals surface area contributed by atoms with E-state index in [2.05, 4.69) is 36.5 Å². The standard InChI is InChI=1S/C18H22N2O/c1-2-9-21-18-12-15(7-8-17(18)19)20-16-10-13-5-3-4-6-14(13)11-16/h3-8,12,16,20H,2,9-11,19H2,1H3. The molecule has 0 atom stereocenters. The maximum absolute atomic E-state index is 5.95. The van der Waals surface area contributed by atoms with Gasteiger partial charge in [0.15, 0.2) is 0 Å². The van der Waals surface area contributed by atoms with Crippen molar-refractivity contribution < 1.29 is 4.74 Å². The van der Waals surface area contributed by atoms with Crippen LogP contribution in [0.3, 0.4) is 0 Å². The minimum absolute atomic E-state index is 0.449. The lowest BCUT2D eigenvalue weighted by atomic mass is 10.1. The summed E-state index contributed by atoms with van der Waals surface area (Å²) in [5.74, 6) is 0.775. The van der Waals surface area contributed by atoms with Crippen LogP contribution in [0.1, 0.15) is 24.5 Å². The van der Waals surface area contributed by atoms with Crippen LogP contribution in [-0.4, -0.2) is 12.6 Å². The van der Waals surface area contributed by atoms with Gasteiger partial charge >= 0.3 is 0 Å². The van der Waals surface area contributed by atoms with Gasteiger partial charge in [-0.1, -0.05) is 31.2 Å². The molecule has 2 aromatic rings. The summed E-state index contributed by atoms with van der Waals surface area (Å²) in [6, 6.07) is 15.1. The summed E-state index contributed by atoms with van der Waals surface area (Å²) in [5, 5.41) is 3.60. The third-order valence-corrected chi connectivity index (χ3v) is 3.90. The van der Waals surface area contributed by atoms with Gasteiger partial charge in [-0.15, -0.1) is 0 Å². The molecule has 0 unspecified atom stereocenters. The highest BCUT2D eigenvalue weighted by Gasteiger charge is 2.20. The zero-order valence-electron chi connectivity index (χ0n) is 12.4. The number of ether oxygens (including phenoxy) is 1. The molecule has 3 nitrogen and oxygen atoms in total. The largest absolute Gasteiger partial charge is 0.491 e. The molecular weight excluding hydrogens is 260 g/mol. The van der Waals surface area contributed by atoms with E-state index in [-0.39, 0.29) is 0 Å². The molecule has 21 heavy (non-hydrogen) atoms. The Morgan fingerprint density at radius 3 is 2.52 bits per heavy atom. The van der Waals surface area contributed by atoms with Crippen molar-refractivity contribution >= 4 is 11.4 Å². The molecule has 0 saturated heterocycles. The van der Waals surface area contributed by atoms with E-state index in [1.165, 1.54) is 11.1 Å². The second kappa shape index (κ2) is 6.08. The zero-order valence-corrected chi connectivity index (χ0v) is 12.4. The van der Waals surface area contributed by atoms with Gasteiger partial charge in [-0.3, -0.25) is 0 Å². The second-order valence-corrected chi connectivity index (χ2v) is 5.62. The Morgan fingerprint density at radius 2 is 1.86 bits per heavy atom. The van der Waals surface area contributed by atoms with E-state index < -0.39 is 0 Å². The molecule has 0 bridgehead atoms. The number of hydrogen-bond acceptors (Lipinski definition) is 3. The molecule has 110 valence electrons. The third kappa shape index (κ3) is 3.13. The molecule has 0 amide bonds. The summed E-state index contributed by atoms with van der Waals surface area (Å²) < 4.78 is 5.69. The Kier molecular flexibility index (Phi) is 4.00. The van der Waals surface area contributed by atoms with Crippen LogP contribution in [0.5, 0.6) is 5.75 Å². The Labute approximate surface area is 126 Å². The highest BCUT2D eigenvalue weighted by molar-refractivity contribution is 5.62. The van der Waals surface area contributed by atoms with E-state index >= 15 is 0 Å². The number of nitrogens with two attached hydrogens (primary N) is 1. The van der Waals surface area contributed by atoms with Gasteiger partial charge in [-0.25, -0.2) is 0 Å². The molecule has 1 aliphatic carbocycles. The summed E-state index contributed by atoms with van der Waals surface area (Å²) in [7, 11) is 0. The van der Waals surface area contributed by atoms with E-state index in [0.717, 1.165) is 30.7 Å². The second-order valence-electron chi connectivity index (χ2n) is 5.62. The maximum atomic E-state index is 5.95. The van der Waals surface area contributed by atoms with E-state index in [1.807, 2.05) is 18.2 Å². The van der Waals surface area contributed by atoms with Gasteiger partial charge in [0, 0.05) is 17.8 Å². The topological polar surface area (TPSA) is 47.3 Å². The fourth-order valence-corrected chi connectivity index (χ4v) is 2.86. The van der Waals surface area contributed by atoms with Crippen molar-refractivity contribution in [1.29, 1.82) is 0 Å². The fourth-order valence-electron chi connectivity index (χ4n) is 2.86. The Hall–Kier alpha value is -2.16. The lowest BCUT2D eigenvalue weighted by molar-refractivity contribution is 0.319. The van der Waals surface area contributed by atoms with Gasteiger partial charge in [0.05, 0.1) is 12.3 Å². The van der Waals surface area contributed by atoms with Crippen LogP contribution in [0, 0.1) is 0 Å². The van der Waals surface area contributed by atoms with Crippen molar-refractivity contribution in [3.63, 3.8) is 0 Å². The Morgan fingerprint density at radius 1 is 1.14 bits per heavy atom. The monoisotopic (exact) mass is 282 g/mol. The number of rotatable bonds is 5. The highest BCUT2D eigenvalue weighted by Crippen LogP contribution is 2.29. The van der Waals surface area contributed by atoms with Crippen LogP contribution < -0.4 is 15.8 Å². The fraction of sp³-hybridized carbons (Fsp3) is 0.333. The Bertz CT molecular complexity index is 599. The van der Waals surface area contributed by atoms with Crippen molar-refractivity contribution in [1.82, 2.24) is 0 Å². The predicted octanol–water partition coefficient (Wildman–Crippen LogP) is 3.64. The highest BCUT2D eigenvalue weighted by atomic mass is 16.5. The molecule has 0 radical (unpaired) electrons. The van der Waals surface area contributed by atoms with Gasteiger partial charge in [0.25, 0.3) is 0 Å². The molecule has 3 rings (SSSR count). The first kappa shape index (κ1) is 13.8.